The number of nitrogens with two attached hydrogens (primary N) is 1. The van der Waals surface area contributed by atoms with Gasteiger partial charge in [-0.25, -0.2) is 0 Å². The zero-order valence-electron chi connectivity index (χ0n) is 13.0. The first kappa shape index (κ1) is 16.5. The number of hydrogen-bond donors (Lipinski definition) is 1. The van der Waals surface area contributed by atoms with Crippen molar-refractivity contribution in [3.8, 4) is 0 Å². The van der Waals surface area contributed by atoms with Crippen LogP contribution in [-0.4, -0.2) is 24.5 Å². The lowest BCUT2D eigenvalue weighted by molar-refractivity contribution is 0.0324. The van der Waals surface area contributed by atoms with Crippen molar-refractivity contribution in [3.63, 3.8) is 0 Å². The van der Waals surface area contributed by atoms with E-state index in [9.17, 15) is 0 Å². The van der Waals surface area contributed by atoms with Crippen molar-refractivity contribution in [2.45, 2.75) is 46.2 Å². The highest BCUT2D eigenvalue weighted by Gasteiger charge is 2.41. The largest absolute Gasteiger partial charge is 0.327 e. The SMILES string of the molecule is CC1C(N)CCC(CN(C)Cc2csc(Br)c2)C1(C)C. The van der Waals surface area contributed by atoms with Crippen LogP contribution in [0.4, 0.5) is 0 Å². The van der Waals surface area contributed by atoms with Gasteiger partial charge >= 0.3 is 0 Å². The molecule has 4 heteroatoms. The van der Waals surface area contributed by atoms with E-state index in [1.54, 1.807) is 11.3 Å². The second-order valence-corrected chi connectivity index (χ2v) is 9.29. The van der Waals surface area contributed by atoms with Crippen LogP contribution in [0, 0.1) is 17.3 Å². The molecule has 3 atom stereocenters. The van der Waals surface area contributed by atoms with Crippen LogP contribution < -0.4 is 5.73 Å². The van der Waals surface area contributed by atoms with Gasteiger partial charge in [0.1, 0.15) is 0 Å². The molecule has 0 aliphatic heterocycles. The fourth-order valence-electron chi connectivity index (χ4n) is 3.45. The lowest BCUT2D eigenvalue weighted by atomic mass is 9.61. The van der Waals surface area contributed by atoms with E-state index in [4.69, 9.17) is 5.73 Å². The van der Waals surface area contributed by atoms with E-state index in [1.807, 2.05) is 0 Å². The predicted octanol–water partition coefficient (Wildman–Crippen LogP) is 4.34. The van der Waals surface area contributed by atoms with Gasteiger partial charge in [-0.05, 0) is 70.1 Å². The lowest BCUT2D eigenvalue weighted by Crippen LogP contribution is -2.49. The topological polar surface area (TPSA) is 29.3 Å². The van der Waals surface area contributed by atoms with Crippen molar-refractivity contribution < 1.29 is 0 Å². The highest BCUT2D eigenvalue weighted by atomic mass is 79.9. The van der Waals surface area contributed by atoms with Crippen LogP contribution in [-0.2, 0) is 6.54 Å². The molecule has 1 aromatic rings. The maximum atomic E-state index is 6.26. The second kappa shape index (κ2) is 6.47. The third-order valence-electron chi connectivity index (χ3n) is 5.32. The molecule has 114 valence electrons. The van der Waals surface area contributed by atoms with Gasteiger partial charge in [-0.1, -0.05) is 20.8 Å². The van der Waals surface area contributed by atoms with E-state index in [2.05, 4.69) is 60.1 Å². The minimum Gasteiger partial charge on any atom is -0.327 e. The second-order valence-electron chi connectivity index (χ2n) is 7.00. The van der Waals surface area contributed by atoms with Crippen LogP contribution in [0.2, 0.25) is 0 Å². The minimum absolute atomic E-state index is 0.334. The number of rotatable bonds is 4. The summed E-state index contributed by atoms with van der Waals surface area (Å²) in [5, 5.41) is 2.24. The molecule has 2 rings (SSSR count). The molecular weight excluding hydrogens is 332 g/mol. The van der Waals surface area contributed by atoms with Gasteiger partial charge < -0.3 is 10.6 Å². The third kappa shape index (κ3) is 3.65. The quantitative estimate of drug-likeness (QED) is 0.866. The van der Waals surface area contributed by atoms with Gasteiger partial charge in [0.15, 0.2) is 0 Å². The Morgan fingerprint density at radius 1 is 1.45 bits per heavy atom. The molecule has 0 saturated heterocycles. The molecule has 1 aromatic heterocycles. The zero-order chi connectivity index (χ0) is 14.9. The Kier molecular flexibility index (Phi) is 5.33. The molecule has 2 N–H and O–H groups in total. The summed E-state index contributed by atoms with van der Waals surface area (Å²) in [6, 6.07) is 2.60. The monoisotopic (exact) mass is 358 g/mol. The molecule has 0 aromatic carbocycles. The van der Waals surface area contributed by atoms with Gasteiger partial charge in [-0.15, -0.1) is 11.3 Å². The van der Waals surface area contributed by atoms with E-state index in [0.29, 0.717) is 17.4 Å². The highest BCUT2D eigenvalue weighted by molar-refractivity contribution is 9.11. The first-order chi connectivity index (χ1) is 9.30. The fraction of sp³-hybridized carbons (Fsp3) is 0.750. The number of halogens is 1. The summed E-state index contributed by atoms with van der Waals surface area (Å²) in [5.41, 5.74) is 8.00. The molecule has 0 bridgehead atoms. The Morgan fingerprint density at radius 2 is 2.15 bits per heavy atom. The number of hydrogen-bond acceptors (Lipinski definition) is 3. The van der Waals surface area contributed by atoms with Gasteiger partial charge in [0.2, 0.25) is 0 Å². The molecule has 3 unspecified atom stereocenters. The molecule has 1 heterocycles. The van der Waals surface area contributed by atoms with Crippen LogP contribution in [0.1, 0.15) is 39.2 Å². The van der Waals surface area contributed by atoms with Crippen LogP contribution in [0.15, 0.2) is 15.2 Å². The van der Waals surface area contributed by atoms with Gasteiger partial charge in [-0.2, -0.15) is 0 Å². The van der Waals surface area contributed by atoms with Crippen molar-refractivity contribution in [2.24, 2.45) is 23.0 Å². The molecule has 1 saturated carbocycles. The number of nitrogens with zero attached hydrogens (tertiary/aromatic N) is 1. The predicted molar refractivity (Wildman–Crippen MR) is 92.0 cm³/mol. The Morgan fingerprint density at radius 3 is 2.75 bits per heavy atom. The van der Waals surface area contributed by atoms with Crippen molar-refractivity contribution in [2.75, 3.05) is 13.6 Å². The van der Waals surface area contributed by atoms with E-state index in [-0.39, 0.29) is 0 Å². The van der Waals surface area contributed by atoms with E-state index in [1.165, 1.54) is 22.2 Å². The van der Waals surface area contributed by atoms with Crippen LogP contribution >= 0.6 is 27.3 Å². The molecule has 0 amide bonds. The average Bonchev–Trinajstić information content (AvgIpc) is 2.76. The number of thiophene rings is 1. The summed E-state index contributed by atoms with van der Waals surface area (Å²) >= 11 is 5.31. The standard InChI is InChI=1S/C16H27BrN2S/c1-11-14(18)6-5-13(16(11,2)3)9-19(4)8-12-7-15(17)20-10-12/h7,10-11,13-14H,5-6,8-9,18H2,1-4H3. The van der Waals surface area contributed by atoms with E-state index < -0.39 is 0 Å². The van der Waals surface area contributed by atoms with E-state index >= 15 is 0 Å². The molecular formula is C16H27BrN2S. The van der Waals surface area contributed by atoms with Crippen molar-refractivity contribution in [1.82, 2.24) is 4.90 Å². The van der Waals surface area contributed by atoms with Gasteiger partial charge in [-0.3, -0.25) is 0 Å². The van der Waals surface area contributed by atoms with Crippen LogP contribution in [0.3, 0.4) is 0 Å². The Hall–Kier alpha value is 0.100. The molecule has 1 aliphatic carbocycles. The summed E-state index contributed by atoms with van der Waals surface area (Å²) < 4.78 is 1.22. The first-order valence-corrected chi connectivity index (χ1v) is 9.15. The minimum atomic E-state index is 0.334. The maximum Gasteiger partial charge on any atom is 0.0701 e. The zero-order valence-corrected chi connectivity index (χ0v) is 15.4. The highest BCUT2D eigenvalue weighted by Crippen LogP contribution is 2.44. The first-order valence-electron chi connectivity index (χ1n) is 7.47. The van der Waals surface area contributed by atoms with Crippen molar-refractivity contribution in [3.05, 3.63) is 20.8 Å². The fourth-order valence-corrected chi connectivity index (χ4v) is 4.65. The molecule has 2 nitrogen and oxygen atoms in total. The van der Waals surface area contributed by atoms with Crippen LogP contribution in [0.5, 0.6) is 0 Å². The molecule has 0 radical (unpaired) electrons. The Balaban J connectivity index is 1.95. The van der Waals surface area contributed by atoms with Crippen molar-refractivity contribution in [1.29, 1.82) is 0 Å². The van der Waals surface area contributed by atoms with Crippen molar-refractivity contribution >= 4 is 27.3 Å². The Labute approximate surface area is 135 Å². The molecule has 0 spiro atoms. The summed E-state index contributed by atoms with van der Waals surface area (Å²) in [4.78, 5) is 2.46. The third-order valence-corrected chi connectivity index (χ3v) is 6.88. The Bertz CT molecular complexity index is 443. The maximum absolute atomic E-state index is 6.26. The summed E-state index contributed by atoms with van der Waals surface area (Å²) in [7, 11) is 2.24. The molecule has 1 aliphatic rings. The normalized spacial score (nSPS) is 29.9. The van der Waals surface area contributed by atoms with E-state index in [0.717, 1.165) is 19.0 Å². The summed E-state index contributed by atoms with van der Waals surface area (Å²) in [6.45, 7) is 9.33. The van der Waals surface area contributed by atoms with Gasteiger partial charge in [0.25, 0.3) is 0 Å². The average molecular weight is 359 g/mol. The summed E-state index contributed by atoms with van der Waals surface area (Å²) in [6.07, 6.45) is 2.43. The molecule has 20 heavy (non-hydrogen) atoms. The smallest absolute Gasteiger partial charge is 0.0701 e. The lowest BCUT2D eigenvalue weighted by Gasteiger charge is -2.48. The molecule has 1 fully saturated rings. The van der Waals surface area contributed by atoms with Gasteiger partial charge in [0, 0.05) is 19.1 Å². The van der Waals surface area contributed by atoms with Crippen LogP contribution in [0.25, 0.3) is 0 Å². The van der Waals surface area contributed by atoms with Gasteiger partial charge in [0.05, 0.1) is 3.79 Å². The summed E-state index contributed by atoms with van der Waals surface area (Å²) in [5.74, 6) is 1.34.